The first kappa shape index (κ1) is 11.1. The van der Waals surface area contributed by atoms with Gasteiger partial charge in [0.15, 0.2) is 4.73 Å². The molecule has 1 fully saturated rings. The Balaban J connectivity index is 2.14. The number of fused-ring (bicyclic) bond motifs is 1. The molecule has 2 aromatic rings. The second kappa shape index (κ2) is 4.33. The molecule has 4 heteroatoms. The molecule has 0 unspecified atom stereocenters. The predicted molar refractivity (Wildman–Crippen MR) is 71.2 cm³/mol. The molecule has 0 saturated heterocycles. The molecular weight excluding hydrogens is 280 g/mol. The molecule has 1 aliphatic carbocycles. The fraction of sp³-hybridized carbons (Fsp3) is 0.462. The Morgan fingerprint density at radius 3 is 2.76 bits per heavy atom. The van der Waals surface area contributed by atoms with Crippen molar-refractivity contribution < 1.29 is 5.11 Å². The zero-order valence-electron chi connectivity index (χ0n) is 9.56. The maximum Gasteiger partial charge on any atom is 0.178 e. The number of phenolic OH excluding ortho intramolecular Hbond substituents is 1. The Bertz CT molecular complexity index is 544. The van der Waals surface area contributed by atoms with E-state index < -0.39 is 0 Å². The van der Waals surface area contributed by atoms with Crippen LogP contribution in [0, 0.1) is 0 Å². The van der Waals surface area contributed by atoms with Crippen molar-refractivity contribution in [1.29, 1.82) is 0 Å². The maximum atomic E-state index is 9.81. The van der Waals surface area contributed by atoms with Gasteiger partial charge in [-0.05, 0) is 40.9 Å². The third kappa shape index (κ3) is 1.84. The lowest BCUT2D eigenvalue weighted by atomic mass is 9.95. The second-order valence-corrected chi connectivity index (χ2v) is 5.40. The lowest BCUT2D eigenvalue weighted by Gasteiger charge is -2.24. The van der Waals surface area contributed by atoms with Crippen molar-refractivity contribution >= 4 is 27.0 Å². The molecule has 0 radical (unpaired) electrons. The van der Waals surface area contributed by atoms with Crippen LogP contribution in [0.5, 0.6) is 5.75 Å². The summed E-state index contributed by atoms with van der Waals surface area (Å²) in [7, 11) is 0. The summed E-state index contributed by atoms with van der Waals surface area (Å²) in [5.74, 6) is 0.262. The third-order valence-electron chi connectivity index (χ3n) is 3.60. The Morgan fingerprint density at radius 1 is 1.24 bits per heavy atom. The van der Waals surface area contributed by atoms with Crippen molar-refractivity contribution in [1.82, 2.24) is 9.55 Å². The molecule has 1 saturated carbocycles. The van der Waals surface area contributed by atoms with Gasteiger partial charge in [0.1, 0.15) is 11.3 Å². The number of halogens is 1. The smallest absolute Gasteiger partial charge is 0.178 e. The highest BCUT2D eigenvalue weighted by atomic mass is 79.9. The van der Waals surface area contributed by atoms with E-state index in [0.717, 1.165) is 10.3 Å². The van der Waals surface area contributed by atoms with Gasteiger partial charge in [-0.1, -0.05) is 25.3 Å². The quantitative estimate of drug-likeness (QED) is 0.863. The normalized spacial score (nSPS) is 17.7. The summed E-state index contributed by atoms with van der Waals surface area (Å²) in [6.07, 6.45) is 6.33. The number of aromatic hydroxyl groups is 1. The largest absolute Gasteiger partial charge is 0.506 e. The Morgan fingerprint density at radius 2 is 2.00 bits per heavy atom. The van der Waals surface area contributed by atoms with E-state index in [4.69, 9.17) is 0 Å². The fourth-order valence-electron chi connectivity index (χ4n) is 2.76. The number of aromatic nitrogens is 2. The highest BCUT2D eigenvalue weighted by Crippen LogP contribution is 2.36. The van der Waals surface area contributed by atoms with Crippen LogP contribution >= 0.6 is 15.9 Å². The van der Waals surface area contributed by atoms with Gasteiger partial charge >= 0.3 is 0 Å². The zero-order valence-corrected chi connectivity index (χ0v) is 11.2. The van der Waals surface area contributed by atoms with Gasteiger partial charge < -0.3 is 9.67 Å². The van der Waals surface area contributed by atoms with Gasteiger partial charge in [0.05, 0.1) is 5.52 Å². The van der Waals surface area contributed by atoms with Crippen molar-refractivity contribution in [2.45, 2.75) is 38.1 Å². The van der Waals surface area contributed by atoms with E-state index >= 15 is 0 Å². The van der Waals surface area contributed by atoms with Crippen LogP contribution in [0.15, 0.2) is 22.9 Å². The number of para-hydroxylation sites is 1. The van der Waals surface area contributed by atoms with E-state index in [1.54, 1.807) is 6.07 Å². The Kier molecular flexibility index (Phi) is 2.82. The number of nitrogens with zero attached hydrogens (tertiary/aromatic N) is 2. The number of hydrogen-bond acceptors (Lipinski definition) is 2. The molecule has 1 heterocycles. The first-order valence-corrected chi connectivity index (χ1v) is 6.92. The lowest BCUT2D eigenvalue weighted by Crippen LogP contribution is -2.12. The summed E-state index contributed by atoms with van der Waals surface area (Å²) in [6.45, 7) is 0. The van der Waals surface area contributed by atoms with Crippen molar-refractivity contribution in [2.24, 2.45) is 0 Å². The lowest BCUT2D eigenvalue weighted by molar-refractivity contribution is 0.355. The first-order valence-electron chi connectivity index (χ1n) is 6.13. The van der Waals surface area contributed by atoms with Gasteiger partial charge in [-0.3, -0.25) is 0 Å². The Labute approximate surface area is 109 Å². The van der Waals surface area contributed by atoms with Crippen molar-refractivity contribution in [3.05, 3.63) is 22.9 Å². The van der Waals surface area contributed by atoms with Gasteiger partial charge in [0.25, 0.3) is 0 Å². The summed E-state index contributed by atoms with van der Waals surface area (Å²) >= 11 is 3.52. The molecule has 1 aliphatic rings. The zero-order chi connectivity index (χ0) is 11.8. The van der Waals surface area contributed by atoms with Crippen LogP contribution in [0.4, 0.5) is 0 Å². The van der Waals surface area contributed by atoms with Crippen LogP contribution in [0.3, 0.4) is 0 Å². The summed E-state index contributed by atoms with van der Waals surface area (Å²) in [6, 6.07) is 6.12. The minimum atomic E-state index is 0.262. The highest BCUT2D eigenvalue weighted by Gasteiger charge is 2.21. The Hall–Kier alpha value is -1.03. The molecular formula is C13H15BrN2O. The highest BCUT2D eigenvalue weighted by molar-refractivity contribution is 9.10. The number of phenols is 1. The molecule has 90 valence electrons. The molecule has 0 atom stereocenters. The van der Waals surface area contributed by atoms with Crippen LogP contribution < -0.4 is 0 Å². The average Bonchev–Trinajstić information content (AvgIpc) is 2.68. The van der Waals surface area contributed by atoms with Crippen molar-refractivity contribution in [3.63, 3.8) is 0 Å². The van der Waals surface area contributed by atoms with Crippen LogP contribution in [0.1, 0.15) is 38.1 Å². The van der Waals surface area contributed by atoms with Crippen molar-refractivity contribution in [2.75, 3.05) is 0 Å². The summed E-state index contributed by atoms with van der Waals surface area (Å²) in [4.78, 5) is 4.42. The van der Waals surface area contributed by atoms with Gasteiger partial charge in [0.2, 0.25) is 0 Å². The topological polar surface area (TPSA) is 38.1 Å². The van der Waals surface area contributed by atoms with Crippen LogP contribution in [-0.2, 0) is 0 Å². The predicted octanol–water partition coefficient (Wildman–Crippen LogP) is 4.01. The minimum absolute atomic E-state index is 0.262. The summed E-state index contributed by atoms with van der Waals surface area (Å²) in [5.41, 5.74) is 1.73. The number of hydrogen-bond donors (Lipinski definition) is 1. The number of imidazole rings is 1. The number of benzene rings is 1. The molecule has 0 amide bonds. The molecule has 17 heavy (non-hydrogen) atoms. The molecule has 0 aliphatic heterocycles. The second-order valence-electron chi connectivity index (χ2n) is 4.69. The minimum Gasteiger partial charge on any atom is -0.506 e. The fourth-order valence-corrected chi connectivity index (χ4v) is 3.42. The van der Waals surface area contributed by atoms with E-state index in [0.29, 0.717) is 11.6 Å². The summed E-state index contributed by atoms with van der Waals surface area (Å²) < 4.78 is 3.06. The van der Waals surface area contributed by atoms with E-state index in [1.165, 1.54) is 32.1 Å². The SMILES string of the molecule is Oc1cccc2c1nc(Br)n2C1CCCCC1. The molecule has 3 rings (SSSR count). The van der Waals surface area contributed by atoms with Gasteiger partial charge in [-0.15, -0.1) is 0 Å². The molecule has 1 aromatic heterocycles. The summed E-state index contributed by atoms with van der Waals surface area (Å²) in [5, 5.41) is 9.81. The molecule has 0 bridgehead atoms. The molecule has 1 aromatic carbocycles. The van der Waals surface area contributed by atoms with Gasteiger partial charge in [-0.25, -0.2) is 4.98 Å². The van der Waals surface area contributed by atoms with E-state index in [9.17, 15) is 5.11 Å². The van der Waals surface area contributed by atoms with Crippen LogP contribution in [0.2, 0.25) is 0 Å². The van der Waals surface area contributed by atoms with Crippen molar-refractivity contribution in [3.8, 4) is 5.75 Å². The van der Waals surface area contributed by atoms with E-state index in [1.807, 2.05) is 12.1 Å². The number of rotatable bonds is 1. The van der Waals surface area contributed by atoms with Crippen LogP contribution in [-0.4, -0.2) is 14.7 Å². The maximum absolute atomic E-state index is 9.81. The van der Waals surface area contributed by atoms with E-state index in [2.05, 4.69) is 25.5 Å². The first-order chi connectivity index (χ1) is 8.27. The van der Waals surface area contributed by atoms with Crippen LogP contribution in [0.25, 0.3) is 11.0 Å². The molecule has 1 N–H and O–H groups in total. The van der Waals surface area contributed by atoms with E-state index in [-0.39, 0.29) is 5.75 Å². The standard InChI is InChI=1S/C13H15BrN2O/c14-13-15-12-10(7-4-8-11(12)17)16(13)9-5-2-1-3-6-9/h4,7-9,17H,1-3,5-6H2. The third-order valence-corrected chi connectivity index (χ3v) is 4.16. The molecule has 3 nitrogen and oxygen atoms in total. The average molecular weight is 295 g/mol. The van der Waals surface area contributed by atoms with Gasteiger partial charge in [0, 0.05) is 6.04 Å². The monoisotopic (exact) mass is 294 g/mol. The van der Waals surface area contributed by atoms with Gasteiger partial charge in [-0.2, -0.15) is 0 Å². The molecule has 0 spiro atoms.